The molecule has 110 valence electrons. The SMILES string of the molecule is CC1(C)OB(c2ccc(F)cc2C(F)(F)F)OC1(C)C. The molecule has 1 aromatic carbocycles. The Morgan fingerprint density at radius 3 is 1.95 bits per heavy atom. The van der Waals surface area contributed by atoms with Crippen molar-refractivity contribution >= 4 is 12.6 Å². The first kappa shape index (κ1) is 15.3. The molecule has 0 unspecified atom stereocenters. The Morgan fingerprint density at radius 1 is 1.00 bits per heavy atom. The van der Waals surface area contributed by atoms with Gasteiger partial charge in [-0.2, -0.15) is 13.2 Å². The van der Waals surface area contributed by atoms with E-state index in [4.69, 9.17) is 9.31 Å². The van der Waals surface area contributed by atoms with Crippen LogP contribution in [0, 0.1) is 5.82 Å². The molecule has 0 N–H and O–H groups in total. The normalized spacial score (nSPS) is 21.3. The molecule has 1 saturated heterocycles. The molecule has 1 aliphatic heterocycles. The van der Waals surface area contributed by atoms with Crippen molar-refractivity contribution in [2.45, 2.75) is 45.1 Å². The highest BCUT2D eigenvalue weighted by Gasteiger charge is 2.53. The largest absolute Gasteiger partial charge is 0.495 e. The average molecular weight is 290 g/mol. The summed E-state index contributed by atoms with van der Waals surface area (Å²) >= 11 is 0. The summed E-state index contributed by atoms with van der Waals surface area (Å²) in [5.74, 6) is -0.947. The minimum Gasteiger partial charge on any atom is -0.399 e. The fourth-order valence-electron chi connectivity index (χ4n) is 1.95. The van der Waals surface area contributed by atoms with E-state index in [0.717, 1.165) is 12.1 Å². The predicted molar refractivity (Wildman–Crippen MR) is 67.1 cm³/mol. The smallest absolute Gasteiger partial charge is 0.399 e. The van der Waals surface area contributed by atoms with Crippen LogP contribution in [0.25, 0.3) is 0 Å². The van der Waals surface area contributed by atoms with E-state index < -0.39 is 35.9 Å². The van der Waals surface area contributed by atoms with E-state index in [9.17, 15) is 17.6 Å². The minimum atomic E-state index is -4.67. The maximum absolute atomic E-state index is 13.1. The van der Waals surface area contributed by atoms with Crippen LogP contribution in [-0.2, 0) is 15.5 Å². The van der Waals surface area contributed by atoms with Crippen LogP contribution in [0.4, 0.5) is 17.6 Å². The number of halogens is 4. The summed E-state index contributed by atoms with van der Waals surface area (Å²) in [6.45, 7) is 6.96. The predicted octanol–water partition coefficient (Wildman–Crippen LogP) is 3.14. The number of hydrogen-bond acceptors (Lipinski definition) is 2. The summed E-state index contributed by atoms with van der Waals surface area (Å²) in [5.41, 5.74) is -2.79. The van der Waals surface area contributed by atoms with Gasteiger partial charge in [0.15, 0.2) is 0 Å². The molecule has 0 bridgehead atoms. The van der Waals surface area contributed by atoms with Crippen molar-refractivity contribution in [1.82, 2.24) is 0 Å². The molecule has 1 aromatic rings. The monoisotopic (exact) mass is 290 g/mol. The zero-order chi connectivity index (χ0) is 15.3. The first-order valence-electron chi connectivity index (χ1n) is 6.16. The Bertz CT molecular complexity index is 510. The Labute approximate surface area is 115 Å². The molecule has 0 saturated carbocycles. The number of benzene rings is 1. The Kier molecular flexibility index (Phi) is 3.42. The van der Waals surface area contributed by atoms with Crippen molar-refractivity contribution in [3.8, 4) is 0 Å². The van der Waals surface area contributed by atoms with Crippen LogP contribution in [0.5, 0.6) is 0 Å². The van der Waals surface area contributed by atoms with E-state index in [1.807, 2.05) is 0 Å². The molecule has 0 radical (unpaired) electrons. The third kappa shape index (κ3) is 2.56. The number of rotatable bonds is 1. The molecule has 0 aliphatic carbocycles. The number of alkyl halides is 3. The summed E-state index contributed by atoms with van der Waals surface area (Å²) in [7, 11) is -1.17. The van der Waals surface area contributed by atoms with E-state index >= 15 is 0 Å². The lowest BCUT2D eigenvalue weighted by atomic mass is 9.75. The average Bonchev–Trinajstić information content (AvgIpc) is 2.46. The van der Waals surface area contributed by atoms with Gasteiger partial charge in [0.1, 0.15) is 5.82 Å². The highest BCUT2D eigenvalue weighted by molar-refractivity contribution is 6.62. The molecule has 2 nitrogen and oxygen atoms in total. The standard InChI is InChI=1S/C13H15BF4O2/c1-11(2)12(3,4)20-14(19-11)10-6-5-8(15)7-9(10)13(16,17)18/h5-7H,1-4H3. The second-order valence-electron chi connectivity index (χ2n) is 5.82. The molecule has 1 aliphatic rings. The Balaban J connectivity index is 2.46. The zero-order valence-corrected chi connectivity index (χ0v) is 11.6. The molecular formula is C13H15BF4O2. The molecule has 2 rings (SSSR count). The van der Waals surface area contributed by atoms with Crippen molar-refractivity contribution in [3.05, 3.63) is 29.6 Å². The van der Waals surface area contributed by atoms with Crippen LogP contribution in [0.1, 0.15) is 33.3 Å². The second-order valence-corrected chi connectivity index (χ2v) is 5.82. The van der Waals surface area contributed by atoms with Gasteiger partial charge < -0.3 is 9.31 Å². The van der Waals surface area contributed by atoms with E-state index in [1.54, 1.807) is 27.7 Å². The summed E-state index contributed by atoms with van der Waals surface area (Å²) in [6.07, 6.45) is -4.67. The quantitative estimate of drug-likeness (QED) is 0.584. The summed E-state index contributed by atoms with van der Waals surface area (Å²) in [6, 6.07) is 2.48. The molecule has 1 heterocycles. The Hall–Kier alpha value is -1.08. The van der Waals surface area contributed by atoms with Gasteiger partial charge in [0.25, 0.3) is 0 Å². The van der Waals surface area contributed by atoms with Gasteiger partial charge in [-0.3, -0.25) is 0 Å². The van der Waals surface area contributed by atoms with Gasteiger partial charge in [-0.25, -0.2) is 4.39 Å². The van der Waals surface area contributed by atoms with Gasteiger partial charge in [-0.1, -0.05) is 6.07 Å². The van der Waals surface area contributed by atoms with Crippen LogP contribution in [0.15, 0.2) is 18.2 Å². The molecule has 0 amide bonds. The Morgan fingerprint density at radius 2 is 1.50 bits per heavy atom. The highest BCUT2D eigenvalue weighted by atomic mass is 19.4. The van der Waals surface area contributed by atoms with Crippen molar-refractivity contribution in [2.24, 2.45) is 0 Å². The third-order valence-electron chi connectivity index (χ3n) is 3.83. The van der Waals surface area contributed by atoms with Crippen LogP contribution in [-0.4, -0.2) is 18.3 Å². The lowest BCUT2D eigenvalue weighted by Crippen LogP contribution is -2.41. The molecule has 20 heavy (non-hydrogen) atoms. The van der Waals surface area contributed by atoms with E-state index in [1.165, 1.54) is 0 Å². The third-order valence-corrected chi connectivity index (χ3v) is 3.83. The molecule has 0 aromatic heterocycles. The van der Waals surface area contributed by atoms with Crippen LogP contribution < -0.4 is 5.46 Å². The van der Waals surface area contributed by atoms with Crippen LogP contribution in [0.2, 0.25) is 0 Å². The van der Waals surface area contributed by atoms with E-state index in [0.29, 0.717) is 6.07 Å². The molecule has 0 atom stereocenters. The lowest BCUT2D eigenvalue weighted by Gasteiger charge is -2.32. The first-order chi connectivity index (χ1) is 8.94. The van der Waals surface area contributed by atoms with Gasteiger partial charge >= 0.3 is 13.3 Å². The van der Waals surface area contributed by atoms with Crippen molar-refractivity contribution in [3.63, 3.8) is 0 Å². The molecular weight excluding hydrogens is 275 g/mol. The van der Waals surface area contributed by atoms with Crippen LogP contribution in [0.3, 0.4) is 0 Å². The van der Waals surface area contributed by atoms with Gasteiger partial charge in [0.2, 0.25) is 0 Å². The number of hydrogen-bond donors (Lipinski definition) is 0. The summed E-state index contributed by atoms with van der Waals surface area (Å²) < 4.78 is 63.2. The molecule has 0 spiro atoms. The second kappa shape index (κ2) is 4.46. The highest BCUT2D eigenvalue weighted by Crippen LogP contribution is 2.38. The molecule has 1 fully saturated rings. The topological polar surface area (TPSA) is 18.5 Å². The van der Waals surface area contributed by atoms with E-state index in [-0.39, 0.29) is 5.46 Å². The van der Waals surface area contributed by atoms with Gasteiger partial charge in [0, 0.05) is 0 Å². The van der Waals surface area contributed by atoms with Crippen molar-refractivity contribution in [1.29, 1.82) is 0 Å². The zero-order valence-electron chi connectivity index (χ0n) is 11.6. The first-order valence-corrected chi connectivity index (χ1v) is 6.16. The van der Waals surface area contributed by atoms with Crippen LogP contribution >= 0.6 is 0 Å². The lowest BCUT2D eigenvalue weighted by molar-refractivity contribution is -0.137. The fourth-order valence-corrected chi connectivity index (χ4v) is 1.95. The molecule has 7 heteroatoms. The maximum Gasteiger partial charge on any atom is 0.495 e. The van der Waals surface area contributed by atoms with Crippen molar-refractivity contribution < 1.29 is 26.9 Å². The van der Waals surface area contributed by atoms with Crippen molar-refractivity contribution in [2.75, 3.05) is 0 Å². The van der Waals surface area contributed by atoms with Gasteiger partial charge in [0.05, 0.1) is 16.8 Å². The van der Waals surface area contributed by atoms with Gasteiger partial charge in [-0.15, -0.1) is 0 Å². The fraction of sp³-hybridized carbons (Fsp3) is 0.538. The summed E-state index contributed by atoms with van der Waals surface area (Å²) in [4.78, 5) is 0. The minimum absolute atomic E-state index is 0.211. The van der Waals surface area contributed by atoms with Gasteiger partial charge in [-0.05, 0) is 45.3 Å². The van der Waals surface area contributed by atoms with E-state index in [2.05, 4.69) is 0 Å². The maximum atomic E-state index is 13.1. The summed E-state index contributed by atoms with van der Waals surface area (Å²) in [5, 5.41) is 0.